The second-order valence-electron chi connectivity index (χ2n) is 34.4. The third kappa shape index (κ3) is 12.2. The number of aryl methyl sites for hydroxylation is 18. The molecular weight excluding hydrogens is 1370 g/mol. The number of fused-ring (bicyclic) bond motifs is 18. The van der Waals surface area contributed by atoms with Crippen LogP contribution >= 0.6 is 0 Å². The molecule has 0 aliphatic rings. The Morgan fingerprint density at radius 1 is 0.114 bits per heavy atom. The summed E-state index contributed by atoms with van der Waals surface area (Å²) in [5.41, 5.74) is 38.2. The smallest absolute Gasteiger partial charge is 0.00937 e. The third-order valence-corrected chi connectivity index (χ3v) is 25.3. The van der Waals surface area contributed by atoms with Crippen molar-refractivity contribution >= 4 is 129 Å². The predicted molar refractivity (Wildman–Crippen MR) is 501 cm³/mol. The molecular formula is C114H96. The Morgan fingerprint density at radius 2 is 0.237 bits per heavy atom. The highest BCUT2D eigenvalue weighted by Gasteiger charge is 2.23. The Labute approximate surface area is 671 Å². The molecule has 0 aliphatic carbocycles. The molecule has 19 aromatic rings. The Kier molecular flexibility index (Phi) is 17.1. The topological polar surface area (TPSA) is 0 Å². The van der Waals surface area contributed by atoms with Gasteiger partial charge in [0.25, 0.3) is 0 Å². The fourth-order valence-electron chi connectivity index (χ4n) is 21.2. The molecule has 0 aromatic heterocycles. The van der Waals surface area contributed by atoms with Gasteiger partial charge in [0.15, 0.2) is 0 Å². The highest BCUT2D eigenvalue weighted by Crippen LogP contribution is 2.49. The summed E-state index contributed by atoms with van der Waals surface area (Å²) in [6.45, 7) is 41.1. The summed E-state index contributed by atoms with van der Waals surface area (Å²) in [5.74, 6) is 0. The zero-order chi connectivity index (χ0) is 78.9. The summed E-state index contributed by atoms with van der Waals surface area (Å²) in [4.78, 5) is 0. The Bertz CT molecular complexity index is 6360. The van der Waals surface area contributed by atoms with Crippen molar-refractivity contribution in [2.45, 2.75) is 125 Å². The quantitative estimate of drug-likeness (QED) is 0.146. The van der Waals surface area contributed by atoms with E-state index in [1.807, 2.05) is 0 Å². The van der Waals surface area contributed by atoms with Crippen LogP contribution in [0.4, 0.5) is 0 Å². The largest absolute Gasteiger partial charge is 0.0610 e. The molecule has 552 valence electrons. The molecule has 19 rings (SSSR count). The molecule has 0 radical (unpaired) electrons. The molecule has 0 aliphatic heterocycles. The minimum atomic E-state index is 1.18. The predicted octanol–water partition coefficient (Wildman–Crippen LogP) is 32.8. The second-order valence-corrected chi connectivity index (χ2v) is 34.4. The van der Waals surface area contributed by atoms with E-state index in [4.69, 9.17) is 0 Å². The van der Waals surface area contributed by atoms with E-state index in [2.05, 4.69) is 379 Å². The zero-order valence-corrected chi connectivity index (χ0v) is 69.2. The lowest BCUT2D eigenvalue weighted by atomic mass is 9.85. The van der Waals surface area contributed by atoms with Crippen molar-refractivity contribution in [1.29, 1.82) is 0 Å². The van der Waals surface area contributed by atoms with Gasteiger partial charge in [0.1, 0.15) is 0 Å². The molecule has 0 spiro atoms. The lowest BCUT2D eigenvalue weighted by molar-refractivity contribution is 1.32. The fraction of sp³-hybridized carbons (Fsp3) is 0.158. The van der Waals surface area contributed by atoms with E-state index in [0.717, 1.165) is 0 Å². The Hall–Kier alpha value is -12.5. The van der Waals surface area contributed by atoms with Crippen molar-refractivity contribution in [1.82, 2.24) is 0 Å². The van der Waals surface area contributed by atoms with E-state index < -0.39 is 0 Å². The molecule has 0 N–H and O–H groups in total. The Morgan fingerprint density at radius 3 is 0.377 bits per heavy atom. The van der Waals surface area contributed by atoms with Crippen molar-refractivity contribution in [2.24, 2.45) is 0 Å². The van der Waals surface area contributed by atoms with E-state index in [9.17, 15) is 0 Å². The van der Waals surface area contributed by atoms with Crippen molar-refractivity contribution < 1.29 is 0 Å². The second kappa shape index (κ2) is 27.1. The average molecular weight is 1470 g/mol. The van der Waals surface area contributed by atoms with Gasteiger partial charge in [-0.3, -0.25) is 0 Å². The summed E-state index contributed by atoms with van der Waals surface area (Å²) >= 11 is 0. The molecule has 0 saturated heterocycles. The van der Waals surface area contributed by atoms with Crippen molar-refractivity contribution in [3.8, 4) is 66.8 Å². The maximum atomic E-state index is 2.54. The summed E-state index contributed by atoms with van der Waals surface area (Å²) in [5, 5.41) is 28.9. The monoisotopic (exact) mass is 1460 g/mol. The molecule has 0 amide bonds. The number of hydrogen-bond acceptors (Lipinski definition) is 0. The van der Waals surface area contributed by atoms with Crippen LogP contribution in [0.15, 0.2) is 255 Å². The normalized spacial score (nSPS) is 11.9. The number of hydrogen-bond donors (Lipinski definition) is 0. The maximum Gasteiger partial charge on any atom is -0.00937 e. The average Bonchev–Trinajstić information content (AvgIpc) is 0.740. The fourth-order valence-corrected chi connectivity index (χ4v) is 21.2. The first-order valence-corrected chi connectivity index (χ1v) is 40.8. The SMILES string of the molecule is Cc1cc(C)c(-c2cc3cc4cc5cc(cc(-c6c(C)cc(C)cc6C)c5cc24)c2cccc(c2)c2cc(-c4c(C)cc(C)cc4C)c4cc5c(-c6c(C)cc(C)cc6C)cc(cc5cc4c2)c2cccc(c2)c2cc(-c4c(C)cc(C)cc4C)c4cc5c(-c6c(C)cc(C)cc6C)cc(cc5cc4c2)c2cccc3c2)c(C)c1. The zero-order valence-electron chi connectivity index (χ0n) is 69.2. The maximum absolute atomic E-state index is 2.54. The molecule has 0 nitrogen and oxygen atoms in total. The van der Waals surface area contributed by atoms with Crippen LogP contribution in [-0.2, 0) is 0 Å². The van der Waals surface area contributed by atoms with Crippen LogP contribution in [0.1, 0.15) is 100 Å². The van der Waals surface area contributed by atoms with Gasteiger partial charge < -0.3 is 0 Å². The molecule has 0 unspecified atom stereocenters. The van der Waals surface area contributed by atoms with Gasteiger partial charge in [0, 0.05) is 0 Å². The molecule has 114 heavy (non-hydrogen) atoms. The van der Waals surface area contributed by atoms with Crippen LogP contribution < -0.4 is 0 Å². The van der Waals surface area contributed by atoms with Crippen LogP contribution in [0, 0.1) is 125 Å². The van der Waals surface area contributed by atoms with Gasteiger partial charge in [-0.15, -0.1) is 0 Å². The molecule has 0 fully saturated rings. The number of benzene rings is 18. The van der Waals surface area contributed by atoms with Gasteiger partial charge >= 0.3 is 0 Å². The molecule has 18 bridgehead atoms. The summed E-state index contributed by atoms with van der Waals surface area (Å²) < 4.78 is 0. The first kappa shape index (κ1) is 71.8. The van der Waals surface area contributed by atoms with Gasteiger partial charge in [-0.1, -0.05) is 161 Å². The van der Waals surface area contributed by atoms with Gasteiger partial charge in [0.05, 0.1) is 0 Å². The molecule has 0 heteroatoms. The van der Waals surface area contributed by atoms with Gasteiger partial charge in [-0.2, -0.15) is 0 Å². The molecule has 0 atom stereocenters. The summed E-state index contributed by atoms with van der Waals surface area (Å²) in [6.07, 6.45) is 0. The first-order valence-electron chi connectivity index (χ1n) is 40.8. The standard InChI is InChI=1S/C114H96/c1-61-28-67(7)109(68(8)29-61)103-52-85-43-91-49-92-44-86(53-104(98(92)58-97(91)103)110-69(9)30-62(2)31-70(110)10)81-24-20-25-82(41-81)88-46-95-51-96-48-90(57-108(114-77(17)38-66(6)39-78(114)18)102(96)60-101(95)106(55-88)112-73(13)34-64(4)35-74(112)14)84-27-21-26-83(42-84)89-47-94-50-93-45-87(80-23-19-22-79(85)40-80)54-105(111-71(11)32-63(3)33-72(111)12)99(93)59-100(94)107(56-89)113-75(15)36-65(5)37-76(113)16/h19-60H,1-18H3. The summed E-state index contributed by atoms with van der Waals surface area (Å²) in [6, 6.07) is 102. The lowest BCUT2D eigenvalue weighted by Crippen LogP contribution is -1.94. The number of rotatable bonds is 6. The van der Waals surface area contributed by atoms with E-state index in [1.54, 1.807) is 0 Å². The van der Waals surface area contributed by atoms with Crippen LogP contribution in [0.25, 0.3) is 196 Å². The molecule has 0 saturated carbocycles. The molecule has 0 heterocycles. The highest BCUT2D eigenvalue weighted by atomic mass is 14.3. The minimum absolute atomic E-state index is 1.18. The van der Waals surface area contributed by atoms with E-state index in [-0.39, 0.29) is 0 Å². The van der Waals surface area contributed by atoms with Gasteiger partial charge in [-0.25, -0.2) is 0 Å². The lowest BCUT2D eigenvalue weighted by Gasteiger charge is -2.19. The van der Waals surface area contributed by atoms with Crippen LogP contribution in [0.3, 0.4) is 0 Å². The van der Waals surface area contributed by atoms with E-state index >= 15 is 0 Å². The van der Waals surface area contributed by atoms with Gasteiger partial charge in [0.2, 0.25) is 0 Å². The van der Waals surface area contributed by atoms with Crippen molar-refractivity contribution in [3.05, 3.63) is 355 Å². The van der Waals surface area contributed by atoms with Crippen molar-refractivity contribution in [3.63, 3.8) is 0 Å². The van der Waals surface area contributed by atoms with Crippen molar-refractivity contribution in [2.75, 3.05) is 0 Å². The molecule has 19 aromatic carbocycles. The van der Waals surface area contributed by atoms with E-state index in [1.165, 1.54) is 296 Å². The summed E-state index contributed by atoms with van der Waals surface area (Å²) in [7, 11) is 0. The van der Waals surface area contributed by atoms with Crippen LogP contribution in [-0.4, -0.2) is 0 Å². The van der Waals surface area contributed by atoms with E-state index in [0.29, 0.717) is 0 Å². The Balaban J connectivity index is 1.01. The third-order valence-electron chi connectivity index (χ3n) is 25.3. The first-order chi connectivity index (χ1) is 54.8. The van der Waals surface area contributed by atoms with Gasteiger partial charge in [-0.05, 0) is 515 Å². The minimum Gasteiger partial charge on any atom is -0.0610 e. The highest BCUT2D eigenvalue weighted by molar-refractivity contribution is 6.20. The van der Waals surface area contributed by atoms with Crippen LogP contribution in [0.5, 0.6) is 0 Å². The van der Waals surface area contributed by atoms with Crippen LogP contribution in [0.2, 0.25) is 0 Å².